The maximum atomic E-state index is 9.43. The van der Waals surface area contributed by atoms with E-state index in [0.717, 1.165) is 5.56 Å². The number of hydrogen-bond donors (Lipinski definition) is 4. The van der Waals surface area contributed by atoms with Crippen molar-refractivity contribution < 1.29 is 9.84 Å². The van der Waals surface area contributed by atoms with E-state index in [2.05, 4.69) is 25.7 Å². The second kappa shape index (κ2) is 5.32. The Hall–Kier alpha value is -2.35. The molecule has 0 radical (unpaired) electrons. The van der Waals surface area contributed by atoms with E-state index in [4.69, 9.17) is 17.0 Å². The first kappa shape index (κ1) is 12.1. The lowest BCUT2D eigenvalue weighted by atomic mass is 10.2. The zero-order chi connectivity index (χ0) is 13.0. The number of methoxy groups -OCH3 is 1. The van der Waals surface area contributed by atoms with E-state index in [1.165, 1.54) is 13.2 Å². The molecule has 0 unspecified atom stereocenters. The average Bonchev–Trinajstić information content (AvgIpc) is 2.77. The fourth-order valence-electron chi connectivity index (χ4n) is 1.27. The number of phenols is 1. The third kappa shape index (κ3) is 2.86. The number of nitrogens with one attached hydrogen (secondary N) is 3. The first-order valence-electron chi connectivity index (χ1n) is 5.00. The summed E-state index contributed by atoms with van der Waals surface area (Å²) in [6, 6.07) is 4.89. The number of nitrogens with zero attached hydrogens (tertiary/aromatic N) is 2. The molecule has 0 saturated heterocycles. The molecule has 8 heteroatoms. The van der Waals surface area contributed by atoms with Crippen LogP contribution in [0.2, 0.25) is 0 Å². The van der Waals surface area contributed by atoms with Gasteiger partial charge < -0.3 is 9.84 Å². The van der Waals surface area contributed by atoms with Crippen LogP contribution in [0.1, 0.15) is 5.56 Å². The van der Waals surface area contributed by atoms with Crippen LogP contribution in [-0.2, 0) is 0 Å². The van der Waals surface area contributed by atoms with Gasteiger partial charge >= 0.3 is 0 Å². The predicted octanol–water partition coefficient (Wildman–Crippen LogP) is 1.63. The number of aromatic amines is 2. The second-order valence-electron chi connectivity index (χ2n) is 3.32. The predicted molar refractivity (Wildman–Crippen MR) is 69.6 cm³/mol. The van der Waals surface area contributed by atoms with Crippen LogP contribution in [0.15, 0.2) is 23.3 Å². The number of hydrogen-bond acceptors (Lipinski definition) is 6. The highest BCUT2D eigenvalue weighted by atomic mass is 32.1. The Bertz CT molecular complexity index is 619. The minimum atomic E-state index is 0.0824. The van der Waals surface area contributed by atoms with Crippen LogP contribution in [0.5, 0.6) is 11.5 Å². The van der Waals surface area contributed by atoms with Gasteiger partial charge in [0.05, 0.1) is 13.3 Å². The molecule has 0 atom stereocenters. The lowest BCUT2D eigenvalue weighted by Crippen LogP contribution is -1.93. The van der Waals surface area contributed by atoms with Gasteiger partial charge in [0, 0.05) is 0 Å². The summed E-state index contributed by atoms with van der Waals surface area (Å²) in [5.41, 5.74) is 3.44. The molecule has 0 aliphatic heterocycles. The third-order valence-electron chi connectivity index (χ3n) is 2.09. The molecule has 0 saturated carbocycles. The number of phenolic OH excluding ortho intramolecular Hbond substituents is 1. The highest BCUT2D eigenvalue weighted by Gasteiger charge is 2.00. The zero-order valence-electron chi connectivity index (χ0n) is 9.47. The van der Waals surface area contributed by atoms with Gasteiger partial charge in [-0.3, -0.25) is 10.2 Å². The Kier molecular flexibility index (Phi) is 3.58. The molecule has 7 nitrogen and oxygen atoms in total. The normalized spacial score (nSPS) is 10.7. The third-order valence-corrected chi connectivity index (χ3v) is 2.28. The summed E-state index contributed by atoms with van der Waals surface area (Å²) in [5, 5.41) is 18.7. The van der Waals surface area contributed by atoms with E-state index in [-0.39, 0.29) is 5.75 Å². The van der Waals surface area contributed by atoms with Gasteiger partial charge in [0.2, 0.25) is 10.7 Å². The maximum absolute atomic E-state index is 9.43. The van der Waals surface area contributed by atoms with Crippen molar-refractivity contribution in [1.82, 2.24) is 15.2 Å². The van der Waals surface area contributed by atoms with Crippen LogP contribution in [0.25, 0.3) is 0 Å². The molecule has 0 aliphatic carbocycles. The van der Waals surface area contributed by atoms with E-state index >= 15 is 0 Å². The van der Waals surface area contributed by atoms with Crippen LogP contribution in [0.3, 0.4) is 0 Å². The van der Waals surface area contributed by atoms with E-state index in [9.17, 15) is 5.11 Å². The highest BCUT2D eigenvalue weighted by molar-refractivity contribution is 7.71. The van der Waals surface area contributed by atoms with Gasteiger partial charge in [-0.25, -0.2) is 5.43 Å². The largest absolute Gasteiger partial charge is 0.504 e. The molecule has 18 heavy (non-hydrogen) atoms. The SMILES string of the molecule is COc1cc(/C=N/Nc2nc(=S)[nH][nH]2)ccc1O. The van der Waals surface area contributed by atoms with Gasteiger partial charge in [-0.2, -0.15) is 10.1 Å². The van der Waals surface area contributed by atoms with Crippen molar-refractivity contribution >= 4 is 24.4 Å². The molecule has 1 heterocycles. The topological polar surface area (TPSA) is 98.3 Å². The molecular weight excluding hydrogens is 254 g/mol. The summed E-state index contributed by atoms with van der Waals surface area (Å²) in [5.74, 6) is 0.888. The Labute approximate surface area is 108 Å². The lowest BCUT2D eigenvalue weighted by Gasteiger charge is -2.03. The number of aromatic nitrogens is 3. The van der Waals surface area contributed by atoms with Gasteiger partial charge in [0.15, 0.2) is 11.5 Å². The number of ether oxygens (including phenoxy) is 1. The van der Waals surface area contributed by atoms with Crippen LogP contribution >= 0.6 is 12.2 Å². The first-order chi connectivity index (χ1) is 8.69. The number of aromatic hydroxyl groups is 1. The molecule has 0 aliphatic rings. The summed E-state index contributed by atoms with van der Waals surface area (Å²) in [4.78, 5) is 3.90. The van der Waals surface area contributed by atoms with Crippen molar-refractivity contribution in [2.75, 3.05) is 12.5 Å². The van der Waals surface area contributed by atoms with Crippen LogP contribution in [-0.4, -0.2) is 33.6 Å². The van der Waals surface area contributed by atoms with E-state index in [0.29, 0.717) is 16.5 Å². The van der Waals surface area contributed by atoms with E-state index < -0.39 is 0 Å². The average molecular weight is 265 g/mol. The van der Waals surface area contributed by atoms with Gasteiger partial charge in [-0.1, -0.05) is 0 Å². The van der Waals surface area contributed by atoms with Crippen molar-refractivity contribution in [3.63, 3.8) is 0 Å². The molecule has 94 valence electrons. The van der Waals surface area contributed by atoms with Gasteiger partial charge in [-0.15, -0.1) is 0 Å². The molecule has 0 fully saturated rings. The molecule has 0 amide bonds. The molecule has 0 spiro atoms. The van der Waals surface area contributed by atoms with Gasteiger partial charge in [-0.05, 0) is 36.0 Å². The van der Waals surface area contributed by atoms with Gasteiger partial charge in [0.25, 0.3) is 0 Å². The quantitative estimate of drug-likeness (QED) is 0.382. The minimum Gasteiger partial charge on any atom is -0.504 e. The van der Waals surface area contributed by atoms with Crippen LogP contribution < -0.4 is 10.2 Å². The fourth-order valence-corrected chi connectivity index (χ4v) is 1.41. The Morgan fingerprint density at radius 1 is 1.50 bits per heavy atom. The molecule has 2 rings (SSSR count). The standard InChI is InChI=1S/C10H11N5O2S/c1-17-8-4-6(2-3-7(8)16)5-11-13-9-12-10(18)15-14-9/h2-5,16H,1H3,(H3,12,13,14,15,18)/b11-5+. The lowest BCUT2D eigenvalue weighted by molar-refractivity contribution is 0.373. The van der Waals surface area contributed by atoms with Crippen molar-refractivity contribution in [1.29, 1.82) is 0 Å². The summed E-state index contributed by atoms with van der Waals surface area (Å²) in [6.45, 7) is 0. The Balaban J connectivity index is 2.07. The molecular formula is C10H11N5O2S. The summed E-state index contributed by atoms with van der Waals surface area (Å²) in [7, 11) is 1.48. The minimum absolute atomic E-state index is 0.0824. The number of hydrazone groups is 1. The van der Waals surface area contributed by atoms with Crippen molar-refractivity contribution in [2.45, 2.75) is 0 Å². The van der Waals surface area contributed by atoms with Gasteiger partial charge in [0.1, 0.15) is 0 Å². The molecule has 0 bridgehead atoms. The van der Waals surface area contributed by atoms with E-state index in [1.807, 2.05) is 0 Å². The summed E-state index contributed by atoms with van der Waals surface area (Å²) >= 11 is 4.79. The monoisotopic (exact) mass is 265 g/mol. The smallest absolute Gasteiger partial charge is 0.238 e. The van der Waals surface area contributed by atoms with Crippen LogP contribution in [0.4, 0.5) is 5.95 Å². The molecule has 2 aromatic rings. The van der Waals surface area contributed by atoms with Crippen molar-refractivity contribution in [2.24, 2.45) is 5.10 Å². The second-order valence-corrected chi connectivity index (χ2v) is 3.70. The molecule has 1 aromatic heterocycles. The maximum Gasteiger partial charge on any atom is 0.238 e. The van der Waals surface area contributed by atoms with Crippen molar-refractivity contribution in [3.05, 3.63) is 28.5 Å². The first-order valence-corrected chi connectivity index (χ1v) is 5.40. The summed E-state index contributed by atoms with van der Waals surface area (Å²) < 4.78 is 5.33. The van der Waals surface area contributed by atoms with Crippen LogP contribution in [0, 0.1) is 4.77 Å². The number of H-pyrrole nitrogens is 2. The summed E-state index contributed by atoms with van der Waals surface area (Å²) in [6.07, 6.45) is 1.56. The number of benzene rings is 1. The Morgan fingerprint density at radius 3 is 3.00 bits per heavy atom. The zero-order valence-corrected chi connectivity index (χ0v) is 10.3. The van der Waals surface area contributed by atoms with E-state index in [1.54, 1.807) is 18.3 Å². The highest BCUT2D eigenvalue weighted by Crippen LogP contribution is 2.25. The van der Waals surface area contributed by atoms with Crippen molar-refractivity contribution in [3.8, 4) is 11.5 Å². The number of rotatable bonds is 4. The Morgan fingerprint density at radius 2 is 2.33 bits per heavy atom. The fraction of sp³-hybridized carbons (Fsp3) is 0.100. The molecule has 1 aromatic carbocycles. The molecule has 4 N–H and O–H groups in total. The number of anilines is 1.